The van der Waals surface area contributed by atoms with Crippen molar-refractivity contribution in [3.8, 4) is 0 Å². The maximum Gasteiger partial charge on any atom is 0.302 e. The third-order valence-electron chi connectivity index (χ3n) is 0.691. The second-order valence-electron chi connectivity index (χ2n) is 1.63. The van der Waals surface area contributed by atoms with Gasteiger partial charge in [0.1, 0.15) is 0 Å². The van der Waals surface area contributed by atoms with Crippen molar-refractivity contribution < 1.29 is 9.53 Å². The molecular formula is C6H10N4O2. The highest BCUT2D eigenvalue weighted by Crippen LogP contribution is 1.69. The van der Waals surface area contributed by atoms with Gasteiger partial charge in [-0.25, -0.2) is 0 Å². The standard InChI is InChI=1S/C4H8O2.C2H2N4/c1-3-6-4(2)5;1-2-4-6-5-3-1/h3H2,1-2H3;1-2H. The first-order valence-electron chi connectivity index (χ1n) is 3.35. The molecule has 0 aliphatic rings. The Bertz CT molecular complexity index is 177. The minimum absolute atomic E-state index is 0.211. The van der Waals surface area contributed by atoms with Gasteiger partial charge in [0.25, 0.3) is 0 Å². The number of hydrogen-bond acceptors (Lipinski definition) is 6. The van der Waals surface area contributed by atoms with E-state index in [-0.39, 0.29) is 5.97 Å². The van der Waals surface area contributed by atoms with E-state index in [1.807, 2.05) is 0 Å². The summed E-state index contributed by atoms with van der Waals surface area (Å²) in [6.07, 6.45) is 2.93. The molecule has 0 saturated carbocycles. The van der Waals surface area contributed by atoms with Crippen LogP contribution in [0.3, 0.4) is 0 Å². The van der Waals surface area contributed by atoms with E-state index in [2.05, 4.69) is 25.4 Å². The van der Waals surface area contributed by atoms with E-state index in [0.29, 0.717) is 6.61 Å². The molecule has 0 aromatic carbocycles. The first-order chi connectivity index (χ1) is 5.77. The van der Waals surface area contributed by atoms with Gasteiger partial charge in [-0.3, -0.25) is 4.79 Å². The molecule has 0 unspecified atom stereocenters. The summed E-state index contributed by atoms with van der Waals surface area (Å²) in [7, 11) is 0. The average Bonchev–Trinajstić information content (AvgIpc) is 2.08. The van der Waals surface area contributed by atoms with Crippen LogP contribution in [0.2, 0.25) is 0 Å². The fourth-order valence-corrected chi connectivity index (χ4v) is 0.369. The largest absolute Gasteiger partial charge is 0.466 e. The molecule has 0 N–H and O–H groups in total. The Morgan fingerprint density at radius 1 is 1.33 bits per heavy atom. The number of hydrogen-bond donors (Lipinski definition) is 0. The van der Waals surface area contributed by atoms with Gasteiger partial charge >= 0.3 is 5.97 Å². The summed E-state index contributed by atoms with van der Waals surface area (Å²) >= 11 is 0. The molecule has 0 atom stereocenters. The van der Waals surface area contributed by atoms with Gasteiger partial charge in [0.2, 0.25) is 0 Å². The van der Waals surface area contributed by atoms with Gasteiger partial charge in [0, 0.05) is 6.92 Å². The summed E-state index contributed by atoms with van der Waals surface area (Å²) in [5.74, 6) is -0.211. The van der Waals surface area contributed by atoms with E-state index in [1.165, 1.54) is 19.3 Å². The highest BCUT2D eigenvalue weighted by molar-refractivity contribution is 5.65. The van der Waals surface area contributed by atoms with Gasteiger partial charge in [-0.1, -0.05) is 0 Å². The smallest absolute Gasteiger partial charge is 0.302 e. The van der Waals surface area contributed by atoms with Crippen LogP contribution in [-0.4, -0.2) is 33.2 Å². The SMILES string of the molecule is CCOC(C)=O.c1cnnnn1. The molecule has 1 aromatic rings. The van der Waals surface area contributed by atoms with E-state index < -0.39 is 0 Å². The fourth-order valence-electron chi connectivity index (χ4n) is 0.369. The summed E-state index contributed by atoms with van der Waals surface area (Å²) in [6.45, 7) is 3.65. The molecule has 0 amide bonds. The molecule has 0 aliphatic carbocycles. The van der Waals surface area contributed by atoms with Crippen LogP contribution < -0.4 is 0 Å². The topological polar surface area (TPSA) is 77.9 Å². The zero-order chi connectivity index (χ0) is 9.23. The zero-order valence-electron chi connectivity index (χ0n) is 6.97. The molecule has 12 heavy (non-hydrogen) atoms. The van der Waals surface area contributed by atoms with Crippen LogP contribution >= 0.6 is 0 Å². The molecule has 0 fully saturated rings. The Morgan fingerprint density at radius 2 is 1.83 bits per heavy atom. The lowest BCUT2D eigenvalue weighted by Crippen LogP contribution is -1.95. The van der Waals surface area contributed by atoms with Crippen molar-refractivity contribution in [1.29, 1.82) is 0 Å². The lowest BCUT2D eigenvalue weighted by molar-refractivity contribution is -0.140. The quantitative estimate of drug-likeness (QED) is 0.545. The normalized spacial score (nSPS) is 7.83. The lowest BCUT2D eigenvalue weighted by atomic mass is 10.8. The van der Waals surface area contributed by atoms with E-state index >= 15 is 0 Å². The minimum Gasteiger partial charge on any atom is -0.466 e. The van der Waals surface area contributed by atoms with E-state index in [0.717, 1.165) is 0 Å². The van der Waals surface area contributed by atoms with Crippen LogP contribution in [0.25, 0.3) is 0 Å². The number of aromatic nitrogens is 4. The van der Waals surface area contributed by atoms with E-state index in [9.17, 15) is 4.79 Å². The molecule has 1 heterocycles. The molecule has 1 aromatic heterocycles. The van der Waals surface area contributed by atoms with Crippen molar-refractivity contribution >= 4 is 5.97 Å². The van der Waals surface area contributed by atoms with Crippen molar-refractivity contribution in [3.63, 3.8) is 0 Å². The van der Waals surface area contributed by atoms with E-state index in [4.69, 9.17) is 0 Å². The molecule has 0 aliphatic heterocycles. The van der Waals surface area contributed by atoms with Gasteiger partial charge < -0.3 is 4.74 Å². The van der Waals surface area contributed by atoms with Gasteiger partial charge in [0.15, 0.2) is 0 Å². The van der Waals surface area contributed by atoms with E-state index in [1.54, 1.807) is 6.92 Å². The van der Waals surface area contributed by atoms with Crippen molar-refractivity contribution in [3.05, 3.63) is 12.4 Å². The number of rotatable bonds is 1. The Kier molecular flexibility index (Phi) is 6.52. The third-order valence-corrected chi connectivity index (χ3v) is 0.691. The molecule has 0 saturated heterocycles. The fraction of sp³-hybridized carbons (Fsp3) is 0.500. The Labute approximate surface area is 70.0 Å². The molecule has 0 radical (unpaired) electrons. The van der Waals surface area contributed by atoms with Crippen molar-refractivity contribution in [2.75, 3.05) is 6.61 Å². The number of nitrogens with zero attached hydrogens (tertiary/aromatic N) is 4. The Hall–Kier alpha value is -1.59. The second-order valence-corrected chi connectivity index (χ2v) is 1.63. The third kappa shape index (κ3) is 8.41. The number of ether oxygens (including phenoxy) is 1. The van der Waals surface area contributed by atoms with Crippen molar-refractivity contribution in [2.24, 2.45) is 0 Å². The number of esters is 1. The predicted octanol–water partition coefficient (Wildman–Crippen LogP) is -0.164. The van der Waals surface area contributed by atoms with Crippen molar-refractivity contribution in [2.45, 2.75) is 13.8 Å². The molecule has 66 valence electrons. The lowest BCUT2D eigenvalue weighted by Gasteiger charge is -1.89. The van der Waals surface area contributed by atoms with Crippen LogP contribution in [0.15, 0.2) is 12.4 Å². The maximum atomic E-state index is 9.82. The minimum atomic E-state index is -0.211. The second kappa shape index (κ2) is 7.52. The number of carbonyl (C=O) groups is 1. The molecule has 6 nitrogen and oxygen atoms in total. The Morgan fingerprint density at radius 3 is 1.92 bits per heavy atom. The van der Waals surface area contributed by atoms with Crippen LogP contribution in [0, 0.1) is 0 Å². The van der Waals surface area contributed by atoms with Crippen molar-refractivity contribution in [1.82, 2.24) is 20.6 Å². The predicted molar refractivity (Wildman–Crippen MR) is 39.9 cm³/mol. The monoisotopic (exact) mass is 170 g/mol. The Balaban J connectivity index is 0.000000202. The van der Waals surface area contributed by atoms with Gasteiger partial charge in [-0.15, -0.1) is 10.2 Å². The zero-order valence-corrected chi connectivity index (χ0v) is 6.97. The van der Waals surface area contributed by atoms with Crippen LogP contribution in [0.4, 0.5) is 0 Å². The summed E-state index contributed by atoms with van der Waals surface area (Å²) in [5.41, 5.74) is 0. The summed E-state index contributed by atoms with van der Waals surface area (Å²) < 4.78 is 4.40. The number of carbonyl (C=O) groups excluding carboxylic acids is 1. The van der Waals surface area contributed by atoms with Gasteiger partial charge in [-0.05, 0) is 17.4 Å². The first-order valence-corrected chi connectivity index (χ1v) is 3.35. The molecule has 1 rings (SSSR count). The first kappa shape index (κ1) is 10.4. The maximum absolute atomic E-state index is 9.82. The highest BCUT2D eigenvalue weighted by atomic mass is 16.5. The van der Waals surface area contributed by atoms with Crippen LogP contribution in [-0.2, 0) is 9.53 Å². The summed E-state index contributed by atoms with van der Waals surface area (Å²) in [6, 6.07) is 0. The van der Waals surface area contributed by atoms with Gasteiger partial charge in [0.05, 0.1) is 19.0 Å². The van der Waals surface area contributed by atoms with Gasteiger partial charge in [-0.2, -0.15) is 0 Å². The summed E-state index contributed by atoms with van der Waals surface area (Å²) in [4.78, 5) is 9.82. The molecule has 0 bridgehead atoms. The summed E-state index contributed by atoms with van der Waals surface area (Å²) in [5, 5.41) is 13.1. The molecule has 6 heteroatoms. The highest BCUT2D eigenvalue weighted by Gasteiger charge is 1.81. The van der Waals surface area contributed by atoms with Crippen LogP contribution in [0.5, 0.6) is 0 Å². The molecule has 0 spiro atoms. The van der Waals surface area contributed by atoms with Crippen LogP contribution in [0.1, 0.15) is 13.8 Å². The molecular weight excluding hydrogens is 160 g/mol. The average molecular weight is 170 g/mol.